The fourth-order valence-corrected chi connectivity index (χ4v) is 3.76. The van der Waals surface area contributed by atoms with Crippen molar-refractivity contribution in [2.45, 2.75) is 45.3 Å². The number of hydrogen-bond donors (Lipinski definition) is 1. The first kappa shape index (κ1) is 15.7. The minimum absolute atomic E-state index is 0.193. The van der Waals surface area contributed by atoms with Gasteiger partial charge in [-0.15, -0.1) is 0 Å². The van der Waals surface area contributed by atoms with Gasteiger partial charge in [-0.3, -0.25) is 0 Å². The van der Waals surface area contributed by atoms with Gasteiger partial charge < -0.3 is 14.6 Å². The van der Waals surface area contributed by atoms with E-state index in [0.29, 0.717) is 6.61 Å². The lowest BCUT2D eigenvalue weighted by atomic mass is 9.79. The Morgan fingerprint density at radius 3 is 2.71 bits per heavy atom. The lowest BCUT2D eigenvalue weighted by Gasteiger charge is -2.29. The molecule has 2 unspecified atom stereocenters. The molecule has 4 rings (SSSR count). The zero-order valence-corrected chi connectivity index (χ0v) is 14.3. The molecule has 1 fully saturated rings. The molecule has 1 aliphatic carbocycles. The number of aliphatic hydroxyl groups excluding tert-OH is 1. The number of ether oxygens (including phenoxy) is 2. The van der Waals surface area contributed by atoms with Crippen LogP contribution in [-0.4, -0.2) is 24.4 Å². The van der Waals surface area contributed by atoms with Gasteiger partial charge in [0, 0.05) is 6.42 Å². The van der Waals surface area contributed by atoms with E-state index in [1.807, 2.05) is 19.1 Å². The van der Waals surface area contributed by atoms with Crippen molar-refractivity contribution in [3.8, 4) is 16.9 Å². The van der Waals surface area contributed by atoms with Gasteiger partial charge in [0.15, 0.2) is 0 Å². The molecule has 2 aliphatic rings. The highest BCUT2D eigenvalue weighted by atomic mass is 16.5. The molecule has 2 aromatic carbocycles. The summed E-state index contributed by atoms with van der Waals surface area (Å²) in [5, 5.41) is 9.87. The summed E-state index contributed by atoms with van der Waals surface area (Å²) in [7, 11) is 0. The van der Waals surface area contributed by atoms with Crippen molar-refractivity contribution in [2.24, 2.45) is 0 Å². The van der Waals surface area contributed by atoms with E-state index in [1.54, 1.807) is 0 Å². The van der Waals surface area contributed by atoms with Crippen LogP contribution in [-0.2, 0) is 17.6 Å². The zero-order chi connectivity index (χ0) is 16.7. The molecule has 1 aliphatic heterocycles. The Morgan fingerprint density at radius 2 is 2.04 bits per heavy atom. The minimum Gasteiger partial charge on any atom is -0.488 e. The molecule has 3 nitrogen and oxygen atoms in total. The fraction of sp³-hybridized carbons (Fsp3) is 0.429. The number of fused-ring (bicyclic) bond motifs is 1. The maximum atomic E-state index is 9.87. The first-order chi connectivity index (χ1) is 11.6. The van der Waals surface area contributed by atoms with Crippen LogP contribution in [0.1, 0.15) is 41.7 Å². The Balaban J connectivity index is 1.72. The Bertz CT molecular complexity index is 758. The average molecular weight is 324 g/mol. The lowest BCUT2D eigenvalue weighted by Crippen LogP contribution is -2.20. The molecular weight excluding hydrogens is 300 g/mol. The summed E-state index contributed by atoms with van der Waals surface area (Å²) in [6.07, 6.45) is 2.91. The van der Waals surface area contributed by atoms with Crippen LogP contribution >= 0.6 is 0 Å². The molecule has 1 heterocycles. The van der Waals surface area contributed by atoms with Gasteiger partial charge in [0.25, 0.3) is 0 Å². The largest absolute Gasteiger partial charge is 0.488 e. The van der Waals surface area contributed by atoms with Crippen LogP contribution in [0.2, 0.25) is 0 Å². The number of benzene rings is 2. The van der Waals surface area contributed by atoms with E-state index in [9.17, 15) is 5.11 Å². The maximum Gasteiger partial charge on any atom is 0.124 e. The van der Waals surface area contributed by atoms with E-state index < -0.39 is 6.10 Å². The highest BCUT2D eigenvalue weighted by Crippen LogP contribution is 2.42. The van der Waals surface area contributed by atoms with Crippen LogP contribution in [0.25, 0.3) is 11.1 Å². The fourth-order valence-electron chi connectivity index (χ4n) is 3.76. The molecule has 1 saturated heterocycles. The van der Waals surface area contributed by atoms with Crippen molar-refractivity contribution >= 4 is 0 Å². The first-order valence-electron chi connectivity index (χ1n) is 8.81. The van der Waals surface area contributed by atoms with Crippen LogP contribution < -0.4 is 4.74 Å². The molecule has 0 spiro atoms. The van der Waals surface area contributed by atoms with Crippen molar-refractivity contribution in [1.29, 1.82) is 0 Å². The second-order valence-electron chi connectivity index (χ2n) is 6.93. The van der Waals surface area contributed by atoms with Gasteiger partial charge in [-0.05, 0) is 72.2 Å². The first-order valence-corrected chi connectivity index (χ1v) is 8.81. The smallest absolute Gasteiger partial charge is 0.124 e. The predicted octanol–water partition coefficient (Wildman–Crippen LogP) is 3.98. The standard InChI is InChI=1S/C21H24O3/c1-13-10-20(24-17-8-9-23-12-17)18-6-7-19(18)21(13)16-5-3-4-15(11-16)14(2)22/h3-5,10-11,14,17,22H,6-9,12H2,1-2H3. The topological polar surface area (TPSA) is 38.7 Å². The number of rotatable bonds is 4. The number of aliphatic hydroxyl groups is 1. The maximum absolute atomic E-state index is 9.87. The molecule has 2 atom stereocenters. The molecule has 126 valence electrons. The zero-order valence-electron chi connectivity index (χ0n) is 14.3. The summed E-state index contributed by atoms with van der Waals surface area (Å²) in [5.41, 5.74) is 7.47. The second kappa shape index (κ2) is 6.23. The summed E-state index contributed by atoms with van der Waals surface area (Å²) < 4.78 is 11.6. The second-order valence-corrected chi connectivity index (χ2v) is 6.93. The van der Waals surface area contributed by atoms with Crippen LogP contribution in [0.4, 0.5) is 0 Å². The minimum atomic E-state index is -0.443. The highest BCUT2D eigenvalue weighted by Gasteiger charge is 2.27. The van der Waals surface area contributed by atoms with Crippen LogP contribution in [0, 0.1) is 6.92 Å². The Morgan fingerprint density at radius 1 is 1.21 bits per heavy atom. The van der Waals surface area contributed by atoms with Crippen LogP contribution in [0.15, 0.2) is 30.3 Å². The molecule has 0 radical (unpaired) electrons. The van der Waals surface area contributed by atoms with Gasteiger partial charge >= 0.3 is 0 Å². The normalized spacial score (nSPS) is 20.4. The lowest BCUT2D eigenvalue weighted by molar-refractivity contribution is 0.140. The van der Waals surface area contributed by atoms with Crippen molar-refractivity contribution in [2.75, 3.05) is 13.2 Å². The summed E-state index contributed by atoms with van der Waals surface area (Å²) in [6.45, 7) is 5.47. The molecule has 0 saturated carbocycles. The van der Waals surface area contributed by atoms with E-state index in [4.69, 9.17) is 9.47 Å². The SMILES string of the molecule is Cc1cc(OC2CCOC2)c2c(c1-c1cccc(C(C)O)c1)CC2. The third-order valence-electron chi connectivity index (χ3n) is 5.17. The van der Waals surface area contributed by atoms with Crippen molar-refractivity contribution in [3.05, 3.63) is 52.6 Å². The van der Waals surface area contributed by atoms with E-state index in [2.05, 4.69) is 25.1 Å². The molecule has 0 aromatic heterocycles. The molecular formula is C21H24O3. The average Bonchev–Trinajstić information content (AvgIpc) is 3.03. The number of aryl methyl sites for hydroxylation is 1. The van der Waals surface area contributed by atoms with E-state index in [1.165, 1.54) is 27.8 Å². The van der Waals surface area contributed by atoms with E-state index in [0.717, 1.165) is 37.2 Å². The molecule has 1 N–H and O–H groups in total. The Kier molecular flexibility index (Phi) is 4.07. The van der Waals surface area contributed by atoms with Gasteiger partial charge in [-0.1, -0.05) is 18.2 Å². The van der Waals surface area contributed by atoms with Gasteiger partial charge in [-0.2, -0.15) is 0 Å². The third-order valence-corrected chi connectivity index (χ3v) is 5.17. The Hall–Kier alpha value is -1.84. The Labute approximate surface area is 143 Å². The highest BCUT2D eigenvalue weighted by molar-refractivity contribution is 5.76. The monoisotopic (exact) mass is 324 g/mol. The van der Waals surface area contributed by atoms with Crippen molar-refractivity contribution < 1.29 is 14.6 Å². The quantitative estimate of drug-likeness (QED) is 0.924. The molecule has 3 heteroatoms. The van der Waals surface area contributed by atoms with Crippen LogP contribution in [0.5, 0.6) is 5.75 Å². The summed E-state index contributed by atoms with van der Waals surface area (Å²) >= 11 is 0. The van der Waals surface area contributed by atoms with Gasteiger partial charge in [0.2, 0.25) is 0 Å². The van der Waals surface area contributed by atoms with E-state index in [-0.39, 0.29) is 6.10 Å². The van der Waals surface area contributed by atoms with Crippen molar-refractivity contribution in [1.82, 2.24) is 0 Å². The summed E-state index contributed by atoms with van der Waals surface area (Å²) in [6, 6.07) is 10.4. The summed E-state index contributed by atoms with van der Waals surface area (Å²) in [5.74, 6) is 1.04. The molecule has 0 amide bonds. The van der Waals surface area contributed by atoms with E-state index >= 15 is 0 Å². The van der Waals surface area contributed by atoms with Crippen molar-refractivity contribution in [3.63, 3.8) is 0 Å². The molecule has 0 bridgehead atoms. The summed E-state index contributed by atoms with van der Waals surface area (Å²) in [4.78, 5) is 0. The van der Waals surface area contributed by atoms with Crippen LogP contribution in [0.3, 0.4) is 0 Å². The molecule has 24 heavy (non-hydrogen) atoms. The third kappa shape index (κ3) is 2.72. The van der Waals surface area contributed by atoms with Gasteiger partial charge in [-0.25, -0.2) is 0 Å². The predicted molar refractivity (Wildman–Crippen MR) is 94.5 cm³/mol. The molecule has 2 aromatic rings. The van der Waals surface area contributed by atoms with Gasteiger partial charge in [0.1, 0.15) is 11.9 Å². The number of hydrogen-bond acceptors (Lipinski definition) is 3. The van der Waals surface area contributed by atoms with Gasteiger partial charge in [0.05, 0.1) is 19.3 Å².